The Morgan fingerprint density at radius 2 is 2.16 bits per heavy atom. The maximum absolute atomic E-state index is 12.6. The molecule has 0 aliphatic heterocycles. The van der Waals surface area contributed by atoms with Crippen molar-refractivity contribution in [1.82, 2.24) is 20.4 Å². The van der Waals surface area contributed by atoms with E-state index in [-0.39, 0.29) is 18.2 Å². The van der Waals surface area contributed by atoms with E-state index in [1.165, 1.54) is 0 Å². The molecule has 0 bridgehead atoms. The summed E-state index contributed by atoms with van der Waals surface area (Å²) >= 11 is 0. The largest absolute Gasteiger partial charge is 0.497 e. The number of carbonyl (C=O) groups is 1. The molecule has 1 amide bonds. The Balaban J connectivity index is 1.75. The molecule has 2 aromatic rings. The maximum Gasteiger partial charge on any atom is 0.229 e. The van der Waals surface area contributed by atoms with Gasteiger partial charge in [-0.3, -0.25) is 9.78 Å². The molecule has 0 saturated heterocycles. The highest BCUT2D eigenvalue weighted by Gasteiger charge is 2.41. The second-order valence-electron chi connectivity index (χ2n) is 6.81. The Labute approximate surface area is 147 Å². The van der Waals surface area contributed by atoms with E-state index in [4.69, 9.17) is 9.26 Å². The molecule has 0 atom stereocenters. The lowest BCUT2D eigenvalue weighted by molar-refractivity contribution is -0.122. The van der Waals surface area contributed by atoms with Gasteiger partial charge >= 0.3 is 0 Å². The average Bonchev–Trinajstić information content (AvgIpc) is 3.25. The van der Waals surface area contributed by atoms with Gasteiger partial charge in [0.15, 0.2) is 5.82 Å². The van der Waals surface area contributed by atoms with Gasteiger partial charge in [0.1, 0.15) is 11.3 Å². The van der Waals surface area contributed by atoms with Gasteiger partial charge < -0.3 is 14.6 Å². The molecular formula is C18H24N4O3. The van der Waals surface area contributed by atoms with Crippen LogP contribution in [0.1, 0.15) is 62.9 Å². The number of nitrogens with one attached hydrogen (secondary N) is 1. The lowest BCUT2D eigenvalue weighted by atomic mass is 9.96. The number of aromatic nitrogens is 3. The van der Waals surface area contributed by atoms with Gasteiger partial charge in [0, 0.05) is 18.2 Å². The number of methoxy groups -OCH3 is 1. The summed E-state index contributed by atoms with van der Waals surface area (Å²) in [5.41, 5.74) is 0.132. The first kappa shape index (κ1) is 17.4. The summed E-state index contributed by atoms with van der Waals surface area (Å²) in [6.45, 7) is 4.01. The third kappa shape index (κ3) is 3.81. The normalized spacial score (nSPS) is 16.2. The van der Waals surface area contributed by atoms with Crippen LogP contribution in [0.15, 0.2) is 22.9 Å². The van der Waals surface area contributed by atoms with Crippen LogP contribution < -0.4 is 10.1 Å². The molecule has 3 rings (SSSR count). The number of nitrogens with zero attached hydrogens (tertiary/aromatic N) is 3. The lowest BCUT2D eigenvalue weighted by Gasteiger charge is -2.26. The third-order valence-corrected chi connectivity index (χ3v) is 4.56. The molecule has 25 heavy (non-hydrogen) atoms. The molecule has 0 aromatic carbocycles. The first-order valence-electron chi connectivity index (χ1n) is 8.66. The van der Waals surface area contributed by atoms with Crippen LogP contribution in [0.3, 0.4) is 0 Å². The molecule has 0 radical (unpaired) electrons. The van der Waals surface area contributed by atoms with Gasteiger partial charge in [0.2, 0.25) is 11.8 Å². The zero-order valence-electron chi connectivity index (χ0n) is 14.9. The van der Waals surface area contributed by atoms with E-state index < -0.39 is 5.54 Å². The Hall–Kier alpha value is -2.44. The molecular weight excluding hydrogens is 320 g/mol. The van der Waals surface area contributed by atoms with Crippen molar-refractivity contribution in [2.75, 3.05) is 7.11 Å². The minimum absolute atomic E-state index is 0.0986. The van der Waals surface area contributed by atoms with E-state index in [1.54, 1.807) is 25.4 Å². The fraction of sp³-hybridized carbons (Fsp3) is 0.556. The maximum atomic E-state index is 12.6. The van der Waals surface area contributed by atoms with Gasteiger partial charge in [-0.15, -0.1) is 0 Å². The molecule has 2 heterocycles. The fourth-order valence-corrected chi connectivity index (χ4v) is 3.20. The first-order chi connectivity index (χ1) is 12.0. The Kier molecular flexibility index (Phi) is 5.01. The summed E-state index contributed by atoms with van der Waals surface area (Å²) in [7, 11) is 1.59. The molecule has 1 fully saturated rings. The van der Waals surface area contributed by atoms with Crippen molar-refractivity contribution in [2.24, 2.45) is 0 Å². The number of pyridine rings is 1. The quantitative estimate of drug-likeness (QED) is 0.866. The van der Waals surface area contributed by atoms with Crippen LogP contribution in [0.5, 0.6) is 5.75 Å². The Morgan fingerprint density at radius 1 is 1.40 bits per heavy atom. The smallest absolute Gasteiger partial charge is 0.229 e. The monoisotopic (exact) mass is 344 g/mol. The summed E-state index contributed by atoms with van der Waals surface area (Å²) in [5, 5.41) is 7.28. The van der Waals surface area contributed by atoms with Crippen molar-refractivity contribution in [3.63, 3.8) is 0 Å². The van der Waals surface area contributed by atoms with Gasteiger partial charge in [-0.05, 0) is 18.9 Å². The summed E-state index contributed by atoms with van der Waals surface area (Å²) in [4.78, 5) is 21.4. The van der Waals surface area contributed by atoms with Crippen molar-refractivity contribution in [1.29, 1.82) is 0 Å². The van der Waals surface area contributed by atoms with E-state index in [1.807, 2.05) is 13.8 Å². The molecule has 1 saturated carbocycles. The minimum Gasteiger partial charge on any atom is -0.497 e. The second kappa shape index (κ2) is 7.21. The van der Waals surface area contributed by atoms with Gasteiger partial charge in [-0.1, -0.05) is 31.8 Å². The van der Waals surface area contributed by atoms with E-state index >= 15 is 0 Å². The van der Waals surface area contributed by atoms with E-state index in [2.05, 4.69) is 20.4 Å². The van der Waals surface area contributed by atoms with Crippen molar-refractivity contribution < 1.29 is 14.1 Å². The summed E-state index contributed by atoms with van der Waals surface area (Å²) < 4.78 is 10.5. The van der Waals surface area contributed by atoms with Crippen LogP contribution in [-0.4, -0.2) is 28.1 Å². The highest BCUT2D eigenvalue weighted by atomic mass is 16.5. The lowest BCUT2D eigenvalue weighted by Crippen LogP contribution is -2.45. The minimum atomic E-state index is -0.535. The topological polar surface area (TPSA) is 90.1 Å². The molecule has 1 aliphatic rings. The van der Waals surface area contributed by atoms with Gasteiger partial charge in [0.25, 0.3) is 0 Å². The summed E-state index contributed by atoms with van der Waals surface area (Å²) in [5.74, 6) is 1.94. The van der Waals surface area contributed by atoms with Crippen LogP contribution in [-0.2, 0) is 16.8 Å². The highest BCUT2D eigenvalue weighted by molar-refractivity contribution is 5.79. The van der Waals surface area contributed by atoms with Crippen LogP contribution in [0, 0.1) is 0 Å². The van der Waals surface area contributed by atoms with Gasteiger partial charge in [-0.25, -0.2) is 0 Å². The molecule has 1 N–H and O–H groups in total. The van der Waals surface area contributed by atoms with Gasteiger partial charge in [-0.2, -0.15) is 4.98 Å². The van der Waals surface area contributed by atoms with Crippen LogP contribution in [0.25, 0.3) is 0 Å². The molecule has 134 valence electrons. The highest BCUT2D eigenvalue weighted by Crippen LogP contribution is 2.37. The van der Waals surface area contributed by atoms with E-state index in [9.17, 15) is 4.79 Å². The van der Waals surface area contributed by atoms with Crippen LogP contribution in [0.4, 0.5) is 0 Å². The van der Waals surface area contributed by atoms with E-state index in [0.717, 1.165) is 25.7 Å². The van der Waals surface area contributed by atoms with Crippen molar-refractivity contribution >= 4 is 5.91 Å². The van der Waals surface area contributed by atoms with Crippen molar-refractivity contribution in [2.45, 2.75) is 57.4 Å². The number of ether oxygens (including phenoxy) is 1. The number of rotatable bonds is 6. The molecule has 0 spiro atoms. The first-order valence-corrected chi connectivity index (χ1v) is 8.66. The number of amides is 1. The Morgan fingerprint density at radius 3 is 2.80 bits per heavy atom. The summed E-state index contributed by atoms with van der Waals surface area (Å²) in [6.07, 6.45) is 5.53. The predicted octanol–water partition coefficient (Wildman–Crippen LogP) is 2.72. The zero-order chi connectivity index (χ0) is 17.9. The van der Waals surface area contributed by atoms with Crippen molar-refractivity contribution in [3.8, 4) is 5.75 Å². The fourth-order valence-electron chi connectivity index (χ4n) is 3.20. The summed E-state index contributed by atoms with van der Waals surface area (Å²) in [6, 6.07) is 3.53. The van der Waals surface area contributed by atoms with Crippen molar-refractivity contribution in [3.05, 3.63) is 35.7 Å². The predicted molar refractivity (Wildman–Crippen MR) is 91.2 cm³/mol. The standard InChI is InChI=1S/C18H24N4O3/c1-12(2)16-20-17(22-25-16)18(7-4-5-8-18)21-15(23)11-13-10-14(24-3)6-9-19-13/h6,9-10,12H,4-5,7-8,11H2,1-3H3,(H,21,23). The third-order valence-electron chi connectivity index (χ3n) is 4.56. The number of hydrogen-bond acceptors (Lipinski definition) is 6. The van der Waals surface area contributed by atoms with E-state index in [0.29, 0.717) is 23.2 Å². The molecule has 0 unspecified atom stereocenters. The molecule has 7 nitrogen and oxygen atoms in total. The number of carbonyl (C=O) groups excluding carboxylic acids is 1. The molecule has 1 aliphatic carbocycles. The molecule has 2 aromatic heterocycles. The van der Waals surface area contributed by atoms with Crippen LogP contribution in [0.2, 0.25) is 0 Å². The second-order valence-corrected chi connectivity index (χ2v) is 6.81. The average molecular weight is 344 g/mol. The van der Waals surface area contributed by atoms with Crippen LogP contribution >= 0.6 is 0 Å². The van der Waals surface area contributed by atoms with Gasteiger partial charge in [0.05, 0.1) is 19.2 Å². The SMILES string of the molecule is COc1ccnc(CC(=O)NC2(c3noc(C(C)C)n3)CCCC2)c1. The Bertz CT molecular complexity index is 735. The number of hydrogen-bond donors (Lipinski definition) is 1. The zero-order valence-corrected chi connectivity index (χ0v) is 14.9. The molecule has 7 heteroatoms.